The second-order valence-electron chi connectivity index (χ2n) is 4.79. The lowest BCUT2D eigenvalue weighted by Gasteiger charge is -2.16. The van der Waals surface area contributed by atoms with Crippen molar-refractivity contribution in [2.75, 3.05) is 13.7 Å². The molecule has 1 aromatic rings. The molecule has 0 saturated carbocycles. The molecule has 102 valence electrons. The van der Waals surface area contributed by atoms with Gasteiger partial charge in [-0.15, -0.1) is 0 Å². The summed E-state index contributed by atoms with van der Waals surface area (Å²) < 4.78 is 5.14. The smallest absolute Gasteiger partial charge is 0.303 e. The molecule has 1 saturated heterocycles. The number of benzene rings is 1. The van der Waals surface area contributed by atoms with Crippen molar-refractivity contribution in [3.8, 4) is 5.75 Å². The second-order valence-corrected chi connectivity index (χ2v) is 4.79. The number of aliphatic carboxylic acids is 1. The molecule has 0 spiro atoms. The van der Waals surface area contributed by atoms with Crippen molar-refractivity contribution in [2.45, 2.75) is 19.4 Å². The van der Waals surface area contributed by atoms with Crippen LogP contribution in [0.2, 0.25) is 0 Å². The van der Waals surface area contributed by atoms with E-state index in [0.29, 0.717) is 19.5 Å². The van der Waals surface area contributed by atoms with Gasteiger partial charge in [-0.3, -0.25) is 9.59 Å². The summed E-state index contributed by atoms with van der Waals surface area (Å²) in [5.41, 5.74) is 0.990. The summed E-state index contributed by atoms with van der Waals surface area (Å²) in [6, 6.07) is 7.55. The molecular weight excluding hydrogens is 246 g/mol. The number of ether oxygens (including phenoxy) is 1. The number of methoxy groups -OCH3 is 1. The monoisotopic (exact) mass is 263 g/mol. The summed E-state index contributed by atoms with van der Waals surface area (Å²) in [7, 11) is 1.60. The lowest BCUT2D eigenvalue weighted by Crippen LogP contribution is -2.24. The van der Waals surface area contributed by atoms with Crippen molar-refractivity contribution in [1.29, 1.82) is 0 Å². The molecule has 0 radical (unpaired) electrons. The fraction of sp³-hybridized carbons (Fsp3) is 0.429. The van der Waals surface area contributed by atoms with Crippen molar-refractivity contribution in [3.63, 3.8) is 0 Å². The molecule has 0 bridgehead atoms. The van der Waals surface area contributed by atoms with Crippen molar-refractivity contribution in [3.05, 3.63) is 29.8 Å². The molecule has 2 rings (SSSR count). The zero-order valence-corrected chi connectivity index (χ0v) is 10.8. The van der Waals surface area contributed by atoms with Gasteiger partial charge in [0.05, 0.1) is 13.5 Å². The Morgan fingerprint density at radius 2 is 2.32 bits per heavy atom. The molecule has 0 aromatic heterocycles. The number of carbonyl (C=O) groups is 2. The van der Waals surface area contributed by atoms with E-state index in [2.05, 4.69) is 0 Å². The van der Waals surface area contributed by atoms with Crippen LogP contribution in [0.3, 0.4) is 0 Å². The first-order valence-electron chi connectivity index (χ1n) is 6.21. The first kappa shape index (κ1) is 13.4. The first-order valence-corrected chi connectivity index (χ1v) is 6.21. The Kier molecular flexibility index (Phi) is 4.04. The zero-order chi connectivity index (χ0) is 13.8. The summed E-state index contributed by atoms with van der Waals surface area (Å²) in [5.74, 6) is -0.142. The molecule has 1 amide bonds. The van der Waals surface area contributed by atoms with Gasteiger partial charge in [-0.25, -0.2) is 0 Å². The van der Waals surface area contributed by atoms with Gasteiger partial charge in [-0.1, -0.05) is 12.1 Å². The van der Waals surface area contributed by atoms with E-state index in [0.717, 1.165) is 11.3 Å². The minimum absolute atomic E-state index is 0.0223. The van der Waals surface area contributed by atoms with Gasteiger partial charge in [0.1, 0.15) is 5.75 Å². The van der Waals surface area contributed by atoms with Crippen LogP contribution in [0.15, 0.2) is 24.3 Å². The Morgan fingerprint density at radius 1 is 1.53 bits per heavy atom. The Morgan fingerprint density at radius 3 is 3.00 bits per heavy atom. The topological polar surface area (TPSA) is 66.8 Å². The highest BCUT2D eigenvalue weighted by Crippen LogP contribution is 2.23. The minimum Gasteiger partial charge on any atom is -0.497 e. The standard InChI is InChI=1S/C14H17NO4/c1-19-12-4-2-3-10(5-12)8-15-9-11(6-13(15)16)7-14(17)18/h2-5,11H,6-9H2,1H3,(H,17,18). The highest BCUT2D eigenvalue weighted by Gasteiger charge is 2.30. The minimum atomic E-state index is -0.846. The van der Waals surface area contributed by atoms with E-state index in [4.69, 9.17) is 9.84 Å². The van der Waals surface area contributed by atoms with Crippen molar-refractivity contribution in [2.24, 2.45) is 5.92 Å². The Balaban J connectivity index is 1.99. The van der Waals surface area contributed by atoms with Crippen molar-refractivity contribution in [1.82, 2.24) is 4.90 Å². The van der Waals surface area contributed by atoms with Crippen LogP contribution in [0, 0.1) is 5.92 Å². The molecule has 5 heteroatoms. The van der Waals surface area contributed by atoms with Gasteiger partial charge in [-0.05, 0) is 23.6 Å². The molecular formula is C14H17NO4. The quantitative estimate of drug-likeness (QED) is 0.874. The molecule has 1 atom stereocenters. The van der Waals surface area contributed by atoms with Crippen LogP contribution < -0.4 is 4.74 Å². The number of amides is 1. The number of carboxylic acid groups (broad SMARTS) is 1. The van der Waals surface area contributed by atoms with Crippen LogP contribution in [0.1, 0.15) is 18.4 Å². The second kappa shape index (κ2) is 5.73. The molecule has 1 aromatic carbocycles. The number of likely N-dealkylation sites (tertiary alicyclic amines) is 1. The molecule has 0 aliphatic carbocycles. The van der Waals surface area contributed by atoms with E-state index < -0.39 is 5.97 Å². The fourth-order valence-electron chi connectivity index (χ4n) is 2.38. The van der Waals surface area contributed by atoms with Crippen molar-refractivity contribution < 1.29 is 19.4 Å². The van der Waals surface area contributed by atoms with Gasteiger partial charge in [-0.2, -0.15) is 0 Å². The Hall–Kier alpha value is -2.04. The van der Waals surface area contributed by atoms with Crippen LogP contribution in [-0.4, -0.2) is 35.5 Å². The van der Waals surface area contributed by atoms with Gasteiger partial charge >= 0.3 is 5.97 Å². The lowest BCUT2D eigenvalue weighted by molar-refractivity contribution is -0.138. The molecule has 1 unspecified atom stereocenters. The molecule has 1 aliphatic heterocycles. The predicted molar refractivity (Wildman–Crippen MR) is 68.8 cm³/mol. The van der Waals surface area contributed by atoms with Crippen LogP contribution >= 0.6 is 0 Å². The molecule has 1 aliphatic rings. The van der Waals surface area contributed by atoms with Crippen LogP contribution in [0.4, 0.5) is 0 Å². The van der Waals surface area contributed by atoms with Gasteiger partial charge in [0.15, 0.2) is 0 Å². The highest BCUT2D eigenvalue weighted by atomic mass is 16.5. The largest absolute Gasteiger partial charge is 0.497 e. The van der Waals surface area contributed by atoms with E-state index in [9.17, 15) is 9.59 Å². The maximum Gasteiger partial charge on any atom is 0.303 e. The lowest BCUT2D eigenvalue weighted by atomic mass is 10.1. The number of carbonyl (C=O) groups excluding carboxylic acids is 1. The van der Waals surface area contributed by atoms with Gasteiger partial charge in [0.2, 0.25) is 5.91 Å². The third-order valence-electron chi connectivity index (χ3n) is 3.27. The number of rotatable bonds is 5. The molecule has 5 nitrogen and oxygen atoms in total. The molecule has 19 heavy (non-hydrogen) atoms. The summed E-state index contributed by atoms with van der Waals surface area (Å²) >= 11 is 0. The summed E-state index contributed by atoms with van der Waals surface area (Å²) in [5, 5.41) is 8.76. The van der Waals surface area contributed by atoms with E-state index >= 15 is 0 Å². The third kappa shape index (κ3) is 3.47. The molecule has 1 N–H and O–H groups in total. The van der Waals surface area contributed by atoms with Crippen LogP contribution in [-0.2, 0) is 16.1 Å². The Bertz CT molecular complexity index is 486. The van der Waals surface area contributed by atoms with Gasteiger partial charge in [0, 0.05) is 19.5 Å². The van der Waals surface area contributed by atoms with E-state index in [1.54, 1.807) is 12.0 Å². The molecule has 1 heterocycles. The van der Waals surface area contributed by atoms with Gasteiger partial charge < -0.3 is 14.7 Å². The van der Waals surface area contributed by atoms with Gasteiger partial charge in [0.25, 0.3) is 0 Å². The van der Waals surface area contributed by atoms with E-state index in [-0.39, 0.29) is 18.2 Å². The summed E-state index contributed by atoms with van der Waals surface area (Å²) in [6.45, 7) is 1.02. The average Bonchev–Trinajstić information content (AvgIpc) is 2.69. The van der Waals surface area contributed by atoms with E-state index in [1.807, 2.05) is 24.3 Å². The number of nitrogens with zero attached hydrogens (tertiary/aromatic N) is 1. The third-order valence-corrected chi connectivity index (χ3v) is 3.27. The average molecular weight is 263 g/mol. The Labute approximate surface area is 111 Å². The molecule has 1 fully saturated rings. The highest BCUT2D eigenvalue weighted by molar-refractivity contribution is 5.80. The van der Waals surface area contributed by atoms with E-state index in [1.165, 1.54) is 0 Å². The SMILES string of the molecule is COc1cccc(CN2CC(CC(=O)O)CC2=O)c1. The number of carboxylic acids is 1. The number of hydrogen-bond donors (Lipinski definition) is 1. The summed E-state index contributed by atoms with van der Waals surface area (Å²) in [4.78, 5) is 24.2. The number of hydrogen-bond acceptors (Lipinski definition) is 3. The maximum absolute atomic E-state index is 11.8. The maximum atomic E-state index is 11.8. The van der Waals surface area contributed by atoms with Crippen molar-refractivity contribution >= 4 is 11.9 Å². The summed E-state index contributed by atoms with van der Waals surface area (Å²) in [6.07, 6.45) is 0.386. The van der Waals surface area contributed by atoms with Crippen LogP contribution in [0.5, 0.6) is 5.75 Å². The predicted octanol–water partition coefficient (Wildman–Crippen LogP) is 1.52. The fourth-order valence-corrected chi connectivity index (χ4v) is 2.38. The first-order chi connectivity index (χ1) is 9.08. The van der Waals surface area contributed by atoms with Crippen LogP contribution in [0.25, 0.3) is 0 Å². The zero-order valence-electron chi connectivity index (χ0n) is 10.8. The normalized spacial score (nSPS) is 18.7.